The predicted octanol–water partition coefficient (Wildman–Crippen LogP) is 2.93. The molecule has 3 heterocycles. The van der Waals surface area contributed by atoms with Crippen LogP contribution in [0.4, 0.5) is 0 Å². The van der Waals surface area contributed by atoms with Crippen molar-refractivity contribution in [3.63, 3.8) is 0 Å². The van der Waals surface area contributed by atoms with Gasteiger partial charge in [0.2, 0.25) is 5.91 Å². The Morgan fingerprint density at radius 1 is 1.00 bits per heavy atom. The zero-order chi connectivity index (χ0) is 19.1. The molecule has 2 aliphatic heterocycles. The number of benzene rings is 1. The molecular weight excluding hydrogens is 348 g/mol. The number of carbonyl (C=O) groups is 1. The van der Waals surface area contributed by atoms with E-state index in [1.807, 2.05) is 24.5 Å². The Labute approximate surface area is 166 Å². The zero-order valence-corrected chi connectivity index (χ0v) is 16.2. The fourth-order valence-electron chi connectivity index (χ4n) is 5.63. The third kappa shape index (κ3) is 3.12. The molecule has 146 valence electrons. The van der Waals surface area contributed by atoms with Gasteiger partial charge in [0.15, 0.2) is 0 Å². The van der Waals surface area contributed by atoms with Gasteiger partial charge in [0.05, 0.1) is 6.04 Å². The summed E-state index contributed by atoms with van der Waals surface area (Å²) in [6, 6.07) is 15.6. The highest BCUT2D eigenvalue weighted by Gasteiger charge is 2.48. The van der Waals surface area contributed by atoms with Gasteiger partial charge >= 0.3 is 0 Å². The Bertz CT molecular complexity index is 827. The molecule has 0 spiro atoms. The van der Waals surface area contributed by atoms with Crippen LogP contribution in [0, 0.1) is 17.8 Å². The topological polar surface area (TPSA) is 66.1 Å². The number of piperidine rings is 1. The lowest BCUT2D eigenvalue weighted by Gasteiger charge is -2.45. The molecule has 5 heteroatoms. The minimum atomic E-state index is 0.0550. The van der Waals surface area contributed by atoms with Crippen LogP contribution in [0.25, 0.3) is 0 Å². The fraction of sp³-hybridized carbons (Fsp3) is 0.478. The van der Waals surface area contributed by atoms with Gasteiger partial charge in [-0.1, -0.05) is 43.3 Å². The van der Waals surface area contributed by atoms with Crippen molar-refractivity contribution in [3.05, 3.63) is 66.0 Å². The maximum atomic E-state index is 12.9. The first-order valence-corrected chi connectivity index (χ1v) is 10.5. The molecule has 3 aliphatic rings. The van der Waals surface area contributed by atoms with E-state index >= 15 is 0 Å². The van der Waals surface area contributed by atoms with Gasteiger partial charge in [-0.25, -0.2) is 5.43 Å². The molecule has 0 radical (unpaired) electrons. The first kappa shape index (κ1) is 17.8. The Morgan fingerprint density at radius 2 is 1.86 bits per heavy atom. The highest BCUT2D eigenvalue weighted by atomic mass is 16.2. The van der Waals surface area contributed by atoms with Crippen LogP contribution in [0.2, 0.25) is 0 Å². The van der Waals surface area contributed by atoms with Crippen molar-refractivity contribution in [2.75, 3.05) is 0 Å². The minimum absolute atomic E-state index is 0.0550. The van der Waals surface area contributed by atoms with Gasteiger partial charge < -0.3 is 5.32 Å². The number of hydrogen-bond acceptors (Lipinski definition) is 4. The Morgan fingerprint density at radius 3 is 2.64 bits per heavy atom. The maximum Gasteiger partial charge on any atom is 0.223 e. The zero-order valence-electron chi connectivity index (χ0n) is 16.2. The lowest BCUT2D eigenvalue weighted by molar-refractivity contribution is -0.131. The number of fused-ring (bicyclic) bond motifs is 2. The molecule has 3 fully saturated rings. The van der Waals surface area contributed by atoms with Crippen molar-refractivity contribution in [1.82, 2.24) is 21.2 Å². The average Bonchev–Trinajstić information content (AvgIpc) is 3.15. The highest BCUT2D eigenvalue weighted by Crippen LogP contribution is 2.45. The van der Waals surface area contributed by atoms with E-state index in [0.29, 0.717) is 23.9 Å². The molecule has 7 unspecified atom stereocenters. The van der Waals surface area contributed by atoms with Crippen molar-refractivity contribution < 1.29 is 4.79 Å². The van der Waals surface area contributed by atoms with Crippen LogP contribution in [0.3, 0.4) is 0 Å². The number of hydrazine groups is 1. The van der Waals surface area contributed by atoms with Crippen molar-refractivity contribution in [2.24, 2.45) is 17.8 Å². The number of carbonyl (C=O) groups excluding carboxylic acids is 1. The molecule has 2 aromatic rings. The second-order valence-corrected chi connectivity index (χ2v) is 8.71. The van der Waals surface area contributed by atoms with Gasteiger partial charge in [0, 0.05) is 30.4 Å². The van der Waals surface area contributed by atoms with Gasteiger partial charge in [0.1, 0.15) is 0 Å². The molecule has 1 saturated carbocycles. The molecule has 3 N–H and O–H groups in total. The predicted molar refractivity (Wildman–Crippen MR) is 108 cm³/mol. The maximum absolute atomic E-state index is 12.9. The number of nitrogens with one attached hydrogen (secondary N) is 3. The van der Waals surface area contributed by atoms with Gasteiger partial charge in [-0.15, -0.1) is 0 Å². The van der Waals surface area contributed by atoms with E-state index in [1.165, 1.54) is 11.1 Å². The van der Waals surface area contributed by atoms with Crippen LogP contribution >= 0.6 is 0 Å². The minimum Gasteiger partial charge on any atom is -0.353 e. The van der Waals surface area contributed by atoms with Crippen LogP contribution in [0.1, 0.15) is 49.3 Å². The van der Waals surface area contributed by atoms with Crippen LogP contribution in [-0.2, 0) is 4.79 Å². The first-order valence-electron chi connectivity index (χ1n) is 10.5. The van der Waals surface area contributed by atoms with Crippen molar-refractivity contribution in [3.8, 4) is 0 Å². The largest absolute Gasteiger partial charge is 0.353 e. The van der Waals surface area contributed by atoms with Crippen LogP contribution in [0.5, 0.6) is 0 Å². The lowest BCUT2D eigenvalue weighted by atomic mass is 9.66. The second-order valence-electron chi connectivity index (χ2n) is 8.71. The molecule has 28 heavy (non-hydrogen) atoms. The number of nitrogens with zero attached hydrogens (tertiary/aromatic N) is 1. The summed E-state index contributed by atoms with van der Waals surface area (Å²) in [4.78, 5) is 17.2. The van der Waals surface area contributed by atoms with Crippen LogP contribution < -0.4 is 16.2 Å². The molecule has 2 saturated heterocycles. The van der Waals surface area contributed by atoms with Gasteiger partial charge in [0.25, 0.3) is 0 Å². The summed E-state index contributed by atoms with van der Waals surface area (Å²) >= 11 is 0. The quantitative estimate of drug-likeness (QED) is 0.771. The monoisotopic (exact) mass is 376 g/mol. The van der Waals surface area contributed by atoms with Crippen molar-refractivity contribution in [1.29, 1.82) is 0 Å². The van der Waals surface area contributed by atoms with Gasteiger partial charge in [-0.05, 0) is 54.2 Å². The number of aromatic nitrogens is 1. The molecule has 5 rings (SSSR count). The summed E-state index contributed by atoms with van der Waals surface area (Å²) in [5.74, 6) is 1.60. The highest BCUT2D eigenvalue weighted by molar-refractivity contribution is 5.81. The van der Waals surface area contributed by atoms with E-state index in [1.54, 1.807) is 0 Å². The first-order chi connectivity index (χ1) is 13.7. The Kier molecular flexibility index (Phi) is 4.65. The summed E-state index contributed by atoms with van der Waals surface area (Å²) in [6.45, 7) is 2.20. The molecular formula is C23H28N4O. The molecule has 7 atom stereocenters. The third-order valence-corrected chi connectivity index (χ3v) is 7.21. The average molecular weight is 377 g/mol. The Balaban J connectivity index is 1.34. The summed E-state index contributed by atoms with van der Waals surface area (Å²) in [5, 5.41) is 3.37. The van der Waals surface area contributed by atoms with E-state index in [9.17, 15) is 4.79 Å². The molecule has 0 bridgehead atoms. The standard InChI is InChI=1S/C23H28N4O/c1-14(15-6-3-2-4-7-15)18-10-17-11-19-21(12-20(17)25-23(18)28)26-27-22(19)16-8-5-9-24-13-16/h2-9,13-14,17-22,26-27H,10-12H2,1H3,(H,25,28). The van der Waals surface area contributed by atoms with Crippen molar-refractivity contribution in [2.45, 2.75) is 50.2 Å². The molecule has 1 aromatic carbocycles. The lowest BCUT2D eigenvalue weighted by Crippen LogP contribution is -2.56. The molecule has 5 nitrogen and oxygen atoms in total. The number of pyridine rings is 1. The van der Waals surface area contributed by atoms with E-state index in [4.69, 9.17) is 0 Å². The van der Waals surface area contributed by atoms with E-state index in [-0.39, 0.29) is 23.8 Å². The van der Waals surface area contributed by atoms with Crippen molar-refractivity contribution >= 4 is 5.91 Å². The molecule has 1 amide bonds. The summed E-state index contributed by atoms with van der Waals surface area (Å²) in [7, 11) is 0. The number of rotatable bonds is 3. The SMILES string of the molecule is CC(c1ccccc1)C1CC2CC3C(CC2NC1=O)NNC3c1cccnc1. The summed E-state index contributed by atoms with van der Waals surface area (Å²) in [5.41, 5.74) is 9.48. The third-order valence-electron chi connectivity index (χ3n) is 7.21. The smallest absolute Gasteiger partial charge is 0.223 e. The Hall–Kier alpha value is -2.24. The van der Waals surface area contributed by atoms with E-state index in [0.717, 1.165) is 19.3 Å². The second kappa shape index (κ2) is 7.30. The molecule has 1 aliphatic carbocycles. The van der Waals surface area contributed by atoms with Gasteiger partial charge in [-0.3, -0.25) is 15.2 Å². The number of hydrogen-bond donors (Lipinski definition) is 3. The van der Waals surface area contributed by atoms with E-state index in [2.05, 4.69) is 58.4 Å². The van der Waals surface area contributed by atoms with E-state index < -0.39 is 0 Å². The normalized spacial score (nSPS) is 35.5. The summed E-state index contributed by atoms with van der Waals surface area (Å²) in [6.07, 6.45) is 6.91. The van der Waals surface area contributed by atoms with Crippen LogP contribution in [0.15, 0.2) is 54.9 Å². The van der Waals surface area contributed by atoms with Crippen LogP contribution in [-0.4, -0.2) is 23.0 Å². The number of amides is 1. The fourth-order valence-corrected chi connectivity index (χ4v) is 5.63. The molecule has 1 aromatic heterocycles. The summed E-state index contributed by atoms with van der Waals surface area (Å²) < 4.78 is 0. The van der Waals surface area contributed by atoms with Gasteiger partial charge in [-0.2, -0.15) is 0 Å².